The molecular formula is C17H22N4O2. The van der Waals surface area contributed by atoms with Crippen molar-refractivity contribution < 1.29 is 9.53 Å². The topological polar surface area (TPSA) is 71.1 Å². The fourth-order valence-corrected chi connectivity index (χ4v) is 2.99. The standard InChI is InChI=1S/C17H22N4O2/c1-10-5-6-13(7-11(10)2)17(22)21-9-14(23-4)8-15(21)16-18-12(3)19-20-16/h5-7,14-15H,8-9H2,1-4H3,(H,18,19,20)/t14-,15-/m0/s1. The molecule has 6 nitrogen and oxygen atoms in total. The van der Waals surface area contributed by atoms with E-state index in [-0.39, 0.29) is 18.1 Å². The maximum atomic E-state index is 13.0. The summed E-state index contributed by atoms with van der Waals surface area (Å²) < 4.78 is 5.47. The highest BCUT2D eigenvalue weighted by atomic mass is 16.5. The number of aromatic amines is 1. The molecule has 2 atom stereocenters. The molecule has 0 saturated carbocycles. The minimum Gasteiger partial charge on any atom is -0.380 e. The zero-order chi connectivity index (χ0) is 16.6. The Bertz CT molecular complexity index is 725. The van der Waals surface area contributed by atoms with Crippen LogP contribution in [-0.4, -0.2) is 45.7 Å². The van der Waals surface area contributed by atoms with E-state index in [2.05, 4.69) is 15.2 Å². The third-order valence-corrected chi connectivity index (χ3v) is 4.52. The molecule has 0 radical (unpaired) electrons. The third kappa shape index (κ3) is 2.99. The number of carbonyl (C=O) groups is 1. The van der Waals surface area contributed by atoms with E-state index in [1.165, 1.54) is 5.56 Å². The molecule has 1 aliphatic rings. The van der Waals surface area contributed by atoms with Crippen molar-refractivity contribution in [3.05, 3.63) is 46.5 Å². The molecule has 3 rings (SSSR count). The summed E-state index contributed by atoms with van der Waals surface area (Å²) in [4.78, 5) is 19.2. The molecule has 1 aromatic carbocycles. The van der Waals surface area contributed by atoms with E-state index in [1.807, 2.05) is 43.9 Å². The van der Waals surface area contributed by atoms with Crippen molar-refractivity contribution in [3.8, 4) is 0 Å². The van der Waals surface area contributed by atoms with Gasteiger partial charge < -0.3 is 9.64 Å². The van der Waals surface area contributed by atoms with Gasteiger partial charge in [-0.05, 0) is 44.0 Å². The van der Waals surface area contributed by atoms with Crippen LogP contribution in [0.1, 0.15) is 45.6 Å². The van der Waals surface area contributed by atoms with Gasteiger partial charge in [0.25, 0.3) is 5.91 Å². The maximum absolute atomic E-state index is 13.0. The van der Waals surface area contributed by atoms with Gasteiger partial charge in [0.2, 0.25) is 0 Å². The normalized spacial score (nSPS) is 21.0. The highest BCUT2D eigenvalue weighted by Gasteiger charge is 2.38. The SMILES string of the molecule is CO[C@H]1C[C@@H](c2n[nH]c(C)n2)N(C(=O)c2ccc(C)c(C)c2)C1. The number of benzene rings is 1. The van der Waals surface area contributed by atoms with Gasteiger partial charge in [-0.1, -0.05) is 6.07 Å². The molecule has 0 aliphatic carbocycles. The van der Waals surface area contributed by atoms with Crippen LogP contribution >= 0.6 is 0 Å². The number of rotatable bonds is 3. The van der Waals surface area contributed by atoms with Crippen LogP contribution in [0.25, 0.3) is 0 Å². The Morgan fingerprint density at radius 2 is 2.09 bits per heavy atom. The minimum atomic E-state index is -0.154. The molecule has 2 aromatic rings. The predicted octanol–water partition coefficient (Wildman–Crippen LogP) is 2.33. The number of amides is 1. The molecule has 1 aromatic heterocycles. The predicted molar refractivity (Wildman–Crippen MR) is 86.2 cm³/mol. The Morgan fingerprint density at radius 3 is 2.70 bits per heavy atom. The Labute approximate surface area is 135 Å². The smallest absolute Gasteiger partial charge is 0.254 e. The van der Waals surface area contributed by atoms with Crippen LogP contribution in [0.3, 0.4) is 0 Å². The van der Waals surface area contributed by atoms with Gasteiger partial charge >= 0.3 is 0 Å². The van der Waals surface area contributed by atoms with Crippen molar-refractivity contribution in [1.82, 2.24) is 20.1 Å². The average molecular weight is 314 g/mol. The van der Waals surface area contributed by atoms with Crippen LogP contribution in [-0.2, 0) is 4.74 Å². The Hall–Kier alpha value is -2.21. The first kappa shape index (κ1) is 15.7. The zero-order valence-electron chi connectivity index (χ0n) is 14.0. The number of carbonyl (C=O) groups excluding carboxylic acids is 1. The van der Waals surface area contributed by atoms with E-state index in [1.54, 1.807) is 7.11 Å². The van der Waals surface area contributed by atoms with Gasteiger partial charge in [-0.25, -0.2) is 4.98 Å². The molecule has 1 fully saturated rings. The number of likely N-dealkylation sites (tertiary alicyclic amines) is 1. The van der Waals surface area contributed by atoms with Gasteiger partial charge in [0.15, 0.2) is 5.82 Å². The highest BCUT2D eigenvalue weighted by Crippen LogP contribution is 2.33. The summed E-state index contributed by atoms with van der Waals surface area (Å²) in [5.41, 5.74) is 2.99. The van der Waals surface area contributed by atoms with Crippen molar-refractivity contribution in [2.24, 2.45) is 0 Å². The third-order valence-electron chi connectivity index (χ3n) is 4.52. The van der Waals surface area contributed by atoms with Crippen LogP contribution in [0, 0.1) is 20.8 Å². The summed E-state index contributed by atoms with van der Waals surface area (Å²) in [6.45, 7) is 6.47. The fourth-order valence-electron chi connectivity index (χ4n) is 2.99. The minimum absolute atomic E-state index is 0.0000954. The maximum Gasteiger partial charge on any atom is 0.254 e. The highest BCUT2D eigenvalue weighted by molar-refractivity contribution is 5.95. The first-order valence-corrected chi connectivity index (χ1v) is 7.79. The summed E-state index contributed by atoms with van der Waals surface area (Å²) >= 11 is 0. The van der Waals surface area contributed by atoms with Gasteiger partial charge in [0.05, 0.1) is 12.1 Å². The second kappa shape index (κ2) is 6.12. The van der Waals surface area contributed by atoms with Gasteiger partial charge in [-0.3, -0.25) is 9.89 Å². The lowest BCUT2D eigenvalue weighted by atomic mass is 10.1. The number of aryl methyl sites for hydroxylation is 3. The molecule has 0 unspecified atom stereocenters. The van der Waals surface area contributed by atoms with E-state index in [9.17, 15) is 4.79 Å². The number of nitrogens with one attached hydrogen (secondary N) is 1. The van der Waals surface area contributed by atoms with Crippen LogP contribution in [0.2, 0.25) is 0 Å². The number of ether oxygens (including phenoxy) is 1. The van der Waals surface area contributed by atoms with E-state index in [0.717, 1.165) is 11.4 Å². The molecule has 1 amide bonds. The molecule has 1 N–H and O–H groups in total. The number of hydrogen-bond acceptors (Lipinski definition) is 4. The fraction of sp³-hybridized carbons (Fsp3) is 0.471. The van der Waals surface area contributed by atoms with Gasteiger partial charge in [-0.2, -0.15) is 5.10 Å². The number of methoxy groups -OCH3 is 1. The summed E-state index contributed by atoms with van der Waals surface area (Å²) in [5, 5.41) is 7.09. The van der Waals surface area contributed by atoms with E-state index in [4.69, 9.17) is 4.74 Å². The second-order valence-electron chi connectivity index (χ2n) is 6.14. The monoisotopic (exact) mass is 314 g/mol. The molecule has 0 spiro atoms. The Balaban J connectivity index is 1.91. The number of aromatic nitrogens is 3. The van der Waals surface area contributed by atoms with Gasteiger partial charge in [0, 0.05) is 25.6 Å². The summed E-state index contributed by atoms with van der Waals surface area (Å²) in [6, 6.07) is 5.65. The molecular weight excluding hydrogens is 292 g/mol. The molecule has 23 heavy (non-hydrogen) atoms. The van der Waals surface area contributed by atoms with Crippen molar-refractivity contribution >= 4 is 5.91 Å². The van der Waals surface area contributed by atoms with E-state index < -0.39 is 0 Å². The zero-order valence-corrected chi connectivity index (χ0v) is 14.0. The number of nitrogens with zero attached hydrogens (tertiary/aromatic N) is 3. The van der Waals surface area contributed by atoms with Crippen molar-refractivity contribution in [1.29, 1.82) is 0 Å². The van der Waals surface area contributed by atoms with Crippen LogP contribution in [0.5, 0.6) is 0 Å². The summed E-state index contributed by atoms with van der Waals surface area (Å²) in [6.07, 6.45) is 0.721. The van der Waals surface area contributed by atoms with Gasteiger partial charge in [-0.15, -0.1) is 0 Å². The first-order valence-electron chi connectivity index (χ1n) is 7.79. The average Bonchev–Trinajstić information content (AvgIpc) is 3.15. The summed E-state index contributed by atoms with van der Waals surface area (Å²) in [5.74, 6) is 1.40. The van der Waals surface area contributed by atoms with Crippen LogP contribution in [0.4, 0.5) is 0 Å². The molecule has 0 bridgehead atoms. The van der Waals surface area contributed by atoms with Crippen molar-refractivity contribution in [2.45, 2.75) is 39.3 Å². The lowest BCUT2D eigenvalue weighted by Gasteiger charge is -2.22. The van der Waals surface area contributed by atoms with E-state index in [0.29, 0.717) is 24.4 Å². The molecule has 2 heterocycles. The van der Waals surface area contributed by atoms with Crippen molar-refractivity contribution in [3.63, 3.8) is 0 Å². The lowest BCUT2D eigenvalue weighted by molar-refractivity contribution is 0.0684. The quantitative estimate of drug-likeness (QED) is 0.944. The first-order chi connectivity index (χ1) is 11.0. The Morgan fingerprint density at radius 1 is 1.30 bits per heavy atom. The molecule has 122 valence electrons. The summed E-state index contributed by atoms with van der Waals surface area (Å²) in [7, 11) is 1.68. The molecule has 1 saturated heterocycles. The Kier molecular flexibility index (Phi) is 4.17. The largest absolute Gasteiger partial charge is 0.380 e. The van der Waals surface area contributed by atoms with Crippen molar-refractivity contribution in [2.75, 3.05) is 13.7 Å². The van der Waals surface area contributed by atoms with E-state index >= 15 is 0 Å². The van der Waals surface area contributed by atoms with Gasteiger partial charge in [0.1, 0.15) is 5.82 Å². The van der Waals surface area contributed by atoms with Crippen LogP contribution in [0.15, 0.2) is 18.2 Å². The number of hydrogen-bond donors (Lipinski definition) is 1. The number of H-pyrrole nitrogens is 1. The van der Waals surface area contributed by atoms with Crippen LogP contribution < -0.4 is 0 Å². The second-order valence-corrected chi connectivity index (χ2v) is 6.14. The molecule has 6 heteroatoms. The lowest BCUT2D eigenvalue weighted by Crippen LogP contribution is -2.32. The molecule has 1 aliphatic heterocycles.